The van der Waals surface area contributed by atoms with Gasteiger partial charge < -0.3 is 24.8 Å². The van der Waals surface area contributed by atoms with E-state index in [0.717, 1.165) is 8.47 Å². The van der Waals surface area contributed by atoms with Crippen LogP contribution in [-0.2, 0) is 9.59 Å². The number of urea groups is 1. The number of hydrogen-bond acceptors (Lipinski definition) is 6. The van der Waals surface area contributed by atoms with Crippen LogP contribution in [0.15, 0.2) is 42.1 Å². The van der Waals surface area contributed by atoms with Crippen LogP contribution in [-0.4, -0.2) is 50.6 Å². The number of rotatable bonds is 7. The molecule has 0 spiro atoms. The molecule has 1 saturated heterocycles. The molecule has 10 heteroatoms. The number of carbonyl (C=O) groups excluding carboxylic acids is 3. The first-order valence-electron chi connectivity index (χ1n) is 9.06. The van der Waals surface area contributed by atoms with E-state index in [2.05, 4.69) is 33.2 Å². The minimum absolute atomic E-state index is 0.0538. The van der Waals surface area contributed by atoms with E-state index in [1.807, 2.05) is 0 Å². The second kappa shape index (κ2) is 9.69. The Morgan fingerprint density at radius 3 is 2.48 bits per heavy atom. The molecule has 31 heavy (non-hydrogen) atoms. The van der Waals surface area contributed by atoms with E-state index >= 15 is 0 Å². The smallest absolute Gasteiger partial charge is 0.329 e. The molecule has 1 aliphatic rings. The van der Waals surface area contributed by atoms with Crippen LogP contribution >= 0.6 is 22.6 Å². The van der Waals surface area contributed by atoms with Crippen molar-refractivity contribution in [2.75, 3.05) is 33.2 Å². The lowest BCUT2D eigenvalue weighted by molar-refractivity contribution is -0.127. The highest BCUT2D eigenvalue weighted by Gasteiger charge is 2.35. The van der Waals surface area contributed by atoms with Crippen LogP contribution < -0.4 is 24.8 Å². The Balaban J connectivity index is 1.76. The zero-order valence-corrected chi connectivity index (χ0v) is 19.2. The number of para-hydroxylation sites is 2. The van der Waals surface area contributed by atoms with E-state index in [-0.39, 0.29) is 5.70 Å². The summed E-state index contributed by atoms with van der Waals surface area (Å²) < 4.78 is 16.6. The van der Waals surface area contributed by atoms with Gasteiger partial charge in [0, 0.05) is 0 Å². The maximum atomic E-state index is 12.7. The number of hydrogen-bond donors (Lipinski definition) is 2. The predicted molar refractivity (Wildman–Crippen MR) is 122 cm³/mol. The van der Waals surface area contributed by atoms with Crippen molar-refractivity contribution in [3.05, 3.63) is 51.2 Å². The van der Waals surface area contributed by atoms with E-state index in [9.17, 15) is 14.4 Å². The summed E-state index contributed by atoms with van der Waals surface area (Å²) in [5.74, 6) is 0.393. The third-order valence-electron chi connectivity index (χ3n) is 4.41. The van der Waals surface area contributed by atoms with Crippen LogP contribution in [0.4, 0.5) is 10.5 Å². The Bertz CT molecular complexity index is 1070. The number of anilines is 1. The minimum Gasteiger partial charge on any atom is -0.495 e. The first-order chi connectivity index (χ1) is 14.9. The van der Waals surface area contributed by atoms with Crippen LogP contribution in [0.3, 0.4) is 0 Å². The number of ether oxygens (including phenoxy) is 3. The molecule has 162 valence electrons. The van der Waals surface area contributed by atoms with Crippen molar-refractivity contribution in [3.63, 3.8) is 0 Å². The zero-order chi connectivity index (χ0) is 22.5. The van der Waals surface area contributed by atoms with E-state index in [4.69, 9.17) is 14.2 Å². The topological polar surface area (TPSA) is 106 Å². The number of nitrogens with zero attached hydrogens (tertiary/aromatic N) is 1. The molecule has 2 aromatic rings. The molecular weight excluding hydrogens is 517 g/mol. The lowest BCUT2D eigenvalue weighted by atomic mass is 10.1. The lowest BCUT2D eigenvalue weighted by Crippen LogP contribution is -2.38. The van der Waals surface area contributed by atoms with Crippen LogP contribution in [0, 0.1) is 3.57 Å². The highest BCUT2D eigenvalue weighted by Crippen LogP contribution is 2.34. The molecule has 2 N–H and O–H groups in total. The van der Waals surface area contributed by atoms with Gasteiger partial charge in [0.2, 0.25) is 5.91 Å². The molecule has 1 aliphatic heterocycles. The Labute approximate surface area is 192 Å². The van der Waals surface area contributed by atoms with Gasteiger partial charge in [0.15, 0.2) is 11.5 Å². The number of halogens is 1. The fourth-order valence-electron chi connectivity index (χ4n) is 2.98. The standard InChI is InChI=1S/C21H20IN3O6/c1-29-16-7-5-4-6-14(16)23-18(26)11-25-20(27)15(24-21(25)28)9-12-8-13(22)19(31-3)17(10-12)30-2/h4-10H,11H2,1-3H3,(H,23,26)(H,24,28)/b15-9+. The summed E-state index contributed by atoms with van der Waals surface area (Å²) in [6.07, 6.45) is 1.52. The van der Waals surface area contributed by atoms with Gasteiger partial charge in [0.1, 0.15) is 18.0 Å². The molecule has 1 heterocycles. The van der Waals surface area contributed by atoms with E-state index in [1.165, 1.54) is 27.4 Å². The van der Waals surface area contributed by atoms with Crippen LogP contribution in [0.1, 0.15) is 5.56 Å². The molecule has 4 amide bonds. The summed E-state index contributed by atoms with van der Waals surface area (Å²) in [5.41, 5.74) is 1.13. The van der Waals surface area contributed by atoms with Crippen molar-refractivity contribution in [1.82, 2.24) is 10.2 Å². The lowest BCUT2D eigenvalue weighted by Gasteiger charge is -2.13. The molecule has 0 unspecified atom stereocenters. The molecule has 0 atom stereocenters. The third kappa shape index (κ3) is 4.90. The minimum atomic E-state index is -0.679. The SMILES string of the molecule is COc1ccccc1NC(=O)CN1C(=O)N/C(=C/c2cc(I)c(OC)c(OC)c2)C1=O. The first-order valence-corrected chi connectivity index (χ1v) is 10.1. The third-order valence-corrected chi connectivity index (χ3v) is 5.21. The Morgan fingerprint density at radius 2 is 1.81 bits per heavy atom. The van der Waals surface area contributed by atoms with Crippen molar-refractivity contribution in [2.24, 2.45) is 0 Å². The Kier molecular flexibility index (Phi) is 7.00. The molecule has 9 nitrogen and oxygen atoms in total. The molecule has 0 aliphatic carbocycles. The van der Waals surface area contributed by atoms with Gasteiger partial charge in [-0.2, -0.15) is 0 Å². The average Bonchev–Trinajstić information content (AvgIpc) is 3.00. The molecule has 0 radical (unpaired) electrons. The summed E-state index contributed by atoms with van der Waals surface area (Å²) in [6.45, 7) is -0.441. The molecular formula is C21H20IN3O6. The maximum Gasteiger partial charge on any atom is 0.329 e. The number of imide groups is 1. The summed E-state index contributed by atoms with van der Waals surface area (Å²) in [5, 5.41) is 5.14. The van der Waals surface area contributed by atoms with Crippen LogP contribution in [0.5, 0.6) is 17.2 Å². The fourth-order valence-corrected chi connectivity index (χ4v) is 3.83. The van der Waals surface area contributed by atoms with Gasteiger partial charge in [-0.15, -0.1) is 0 Å². The fraction of sp³-hybridized carbons (Fsp3) is 0.190. The van der Waals surface area contributed by atoms with Crippen molar-refractivity contribution in [1.29, 1.82) is 0 Å². The normalized spacial score (nSPS) is 14.5. The summed E-state index contributed by atoms with van der Waals surface area (Å²) in [6, 6.07) is 9.63. The largest absolute Gasteiger partial charge is 0.495 e. The number of methoxy groups -OCH3 is 3. The number of benzene rings is 2. The zero-order valence-electron chi connectivity index (χ0n) is 17.0. The second-order valence-corrected chi connectivity index (χ2v) is 7.53. The highest BCUT2D eigenvalue weighted by atomic mass is 127. The van der Waals surface area contributed by atoms with Gasteiger partial charge in [-0.05, 0) is 58.5 Å². The number of nitrogens with one attached hydrogen (secondary N) is 2. The Hall–Kier alpha value is -3.28. The monoisotopic (exact) mass is 537 g/mol. The number of amides is 4. The molecule has 3 rings (SSSR count). The quantitative estimate of drug-likeness (QED) is 0.320. The average molecular weight is 537 g/mol. The number of carbonyl (C=O) groups is 3. The van der Waals surface area contributed by atoms with Gasteiger partial charge in [0.25, 0.3) is 5.91 Å². The molecule has 0 aromatic heterocycles. The molecule has 0 saturated carbocycles. The van der Waals surface area contributed by atoms with Gasteiger partial charge in [-0.1, -0.05) is 12.1 Å². The van der Waals surface area contributed by atoms with E-state index in [1.54, 1.807) is 36.4 Å². The summed E-state index contributed by atoms with van der Waals surface area (Å²) in [4.78, 5) is 38.2. The first kappa shape index (κ1) is 22.4. The molecule has 2 aromatic carbocycles. The van der Waals surface area contributed by atoms with Crippen molar-refractivity contribution >= 4 is 52.2 Å². The highest BCUT2D eigenvalue weighted by molar-refractivity contribution is 14.1. The summed E-state index contributed by atoms with van der Waals surface area (Å²) in [7, 11) is 4.52. The van der Waals surface area contributed by atoms with Crippen LogP contribution in [0.2, 0.25) is 0 Å². The van der Waals surface area contributed by atoms with Crippen molar-refractivity contribution in [3.8, 4) is 17.2 Å². The van der Waals surface area contributed by atoms with Gasteiger partial charge in [0.05, 0.1) is 30.6 Å². The van der Waals surface area contributed by atoms with Gasteiger partial charge in [-0.25, -0.2) is 9.69 Å². The maximum absolute atomic E-state index is 12.7. The van der Waals surface area contributed by atoms with E-state index in [0.29, 0.717) is 28.5 Å². The summed E-state index contributed by atoms with van der Waals surface area (Å²) >= 11 is 2.09. The second-order valence-electron chi connectivity index (χ2n) is 6.37. The van der Waals surface area contributed by atoms with Gasteiger partial charge in [-0.3, -0.25) is 9.59 Å². The van der Waals surface area contributed by atoms with Gasteiger partial charge >= 0.3 is 6.03 Å². The molecule has 0 bridgehead atoms. The predicted octanol–water partition coefficient (Wildman–Crippen LogP) is 2.85. The molecule has 1 fully saturated rings. The van der Waals surface area contributed by atoms with Crippen molar-refractivity contribution in [2.45, 2.75) is 0 Å². The Morgan fingerprint density at radius 1 is 1.10 bits per heavy atom. The van der Waals surface area contributed by atoms with Crippen molar-refractivity contribution < 1.29 is 28.6 Å². The van der Waals surface area contributed by atoms with E-state index < -0.39 is 24.4 Å². The van der Waals surface area contributed by atoms with Crippen LogP contribution in [0.25, 0.3) is 6.08 Å².